The molecule has 0 aliphatic heterocycles. The smallest absolute Gasteiger partial charge is 0.251 e. The molecular weight excluding hydrogens is 406 g/mol. The molecule has 0 fully saturated rings. The van der Waals surface area contributed by atoms with Crippen LogP contribution in [0.15, 0.2) is 65.1 Å². The molecular formula is C21H23N3O5S. The van der Waals surface area contributed by atoms with Crippen LogP contribution in [0.1, 0.15) is 29.8 Å². The number of hydrogen-bond acceptors (Lipinski definition) is 5. The van der Waals surface area contributed by atoms with Gasteiger partial charge in [-0.3, -0.25) is 14.4 Å². The maximum atomic E-state index is 12.2. The van der Waals surface area contributed by atoms with E-state index in [1.54, 1.807) is 36.4 Å². The molecule has 0 unspecified atom stereocenters. The average Bonchev–Trinajstić information content (AvgIpc) is 2.68. The first kappa shape index (κ1) is 23.0. The van der Waals surface area contributed by atoms with Crippen LogP contribution in [0.3, 0.4) is 0 Å². The predicted molar refractivity (Wildman–Crippen MR) is 113 cm³/mol. The van der Waals surface area contributed by atoms with Crippen molar-refractivity contribution in [2.75, 3.05) is 11.9 Å². The molecule has 0 radical (unpaired) electrons. The standard InChI is InChI=1S/C21H23N3O5S/c1-14(21(27)24-18-7-5-17(6-8-18)15(2)25)13-20(26)23-12-11-16-3-9-19(10-4-16)30(22,28)29/h3-10,13H,11-12H2,1-2H3,(H,23,26)(H,24,27)(H2,22,28,29)/b14-13-. The fourth-order valence-electron chi connectivity index (χ4n) is 2.51. The Kier molecular flexibility index (Phi) is 7.62. The van der Waals surface area contributed by atoms with Crippen LogP contribution < -0.4 is 15.8 Å². The molecule has 8 nitrogen and oxygen atoms in total. The summed E-state index contributed by atoms with van der Waals surface area (Å²) in [5.74, 6) is -0.920. The molecule has 0 atom stereocenters. The van der Waals surface area contributed by atoms with Crippen molar-refractivity contribution in [3.8, 4) is 0 Å². The lowest BCUT2D eigenvalue weighted by Crippen LogP contribution is -2.25. The lowest BCUT2D eigenvalue weighted by Gasteiger charge is -2.07. The number of primary sulfonamides is 1. The average molecular weight is 429 g/mol. The van der Waals surface area contributed by atoms with Gasteiger partial charge in [0.15, 0.2) is 5.78 Å². The molecule has 0 heterocycles. The number of benzene rings is 2. The fourth-order valence-corrected chi connectivity index (χ4v) is 3.02. The van der Waals surface area contributed by atoms with Crippen molar-refractivity contribution in [2.45, 2.75) is 25.2 Å². The maximum Gasteiger partial charge on any atom is 0.251 e. The second-order valence-electron chi connectivity index (χ2n) is 6.64. The van der Waals surface area contributed by atoms with Crippen molar-refractivity contribution < 1.29 is 22.8 Å². The van der Waals surface area contributed by atoms with Gasteiger partial charge >= 0.3 is 0 Å². The summed E-state index contributed by atoms with van der Waals surface area (Å²) in [7, 11) is -3.73. The summed E-state index contributed by atoms with van der Waals surface area (Å²) in [6, 6.07) is 12.5. The lowest BCUT2D eigenvalue weighted by atomic mass is 10.1. The van der Waals surface area contributed by atoms with Crippen LogP contribution in [0.2, 0.25) is 0 Å². The van der Waals surface area contributed by atoms with E-state index in [0.717, 1.165) is 5.56 Å². The number of amides is 2. The predicted octanol–water partition coefficient (Wildman–Crippen LogP) is 1.78. The highest BCUT2D eigenvalue weighted by molar-refractivity contribution is 7.89. The summed E-state index contributed by atoms with van der Waals surface area (Å²) in [6.07, 6.45) is 1.68. The topological polar surface area (TPSA) is 135 Å². The number of nitrogens with one attached hydrogen (secondary N) is 2. The summed E-state index contributed by atoms with van der Waals surface area (Å²) in [6.45, 7) is 3.29. The summed E-state index contributed by atoms with van der Waals surface area (Å²) in [5, 5.41) is 10.4. The Labute approximate surface area is 175 Å². The Hall–Kier alpha value is -3.30. The number of carbonyl (C=O) groups excluding carboxylic acids is 3. The minimum Gasteiger partial charge on any atom is -0.352 e. The molecule has 2 aromatic rings. The normalized spacial score (nSPS) is 11.6. The molecule has 0 bridgehead atoms. The summed E-state index contributed by atoms with van der Waals surface area (Å²) in [5.41, 5.74) is 2.11. The molecule has 0 aliphatic carbocycles. The third-order valence-electron chi connectivity index (χ3n) is 4.22. The number of carbonyl (C=O) groups is 3. The van der Waals surface area contributed by atoms with Crippen molar-refractivity contribution in [3.05, 3.63) is 71.3 Å². The van der Waals surface area contributed by atoms with Gasteiger partial charge in [0, 0.05) is 29.4 Å². The molecule has 0 spiro atoms. The Morgan fingerprint density at radius 3 is 2.10 bits per heavy atom. The second-order valence-corrected chi connectivity index (χ2v) is 8.21. The molecule has 0 saturated carbocycles. The van der Waals surface area contributed by atoms with Crippen molar-refractivity contribution in [2.24, 2.45) is 5.14 Å². The van der Waals surface area contributed by atoms with Gasteiger partial charge in [0.1, 0.15) is 0 Å². The molecule has 2 rings (SSSR count). The zero-order valence-electron chi connectivity index (χ0n) is 16.6. The van der Waals surface area contributed by atoms with E-state index in [2.05, 4.69) is 10.6 Å². The van der Waals surface area contributed by atoms with Crippen LogP contribution in [-0.4, -0.2) is 32.6 Å². The van der Waals surface area contributed by atoms with E-state index in [9.17, 15) is 22.8 Å². The lowest BCUT2D eigenvalue weighted by molar-refractivity contribution is -0.117. The largest absolute Gasteiger partial charge is 0.352 e. The molecule has 0 aliphatic rings. The van der Waals surface area contributed by atoms with Gasteiger partial charge in [-0.1, -0.05) is 12.1 Å². The third-order valence-corrected chi connectivity index (χ3v) is 5.15. The first-order chi connectivity index (χ1) is 14.1. The number of hydrogen-bond donors (Lipinski definition) is 3. The van der Waals surface area contributed by atoms with Gasteiger partial charge in [-0.25, -0.2) is 13.6 Å². The van der Waals surface area contributed by atoms with E-state index in [1.165, 1.54) is 32.1 Å². The molecule has 2 amide bonds. The van der Waals surface area contributed by atoms with E-state index in [-0.39, 0.29) is 16.3 Å². The minimum atomic E-state index is -3.73. The summed E-state index contributed by atoms with van der Waals surface area (Å²) in [4.78, 5) is 35.5. The van der Waals surface area contributed by atoms with E-state index in [0.29, 0.717) is 24.2 Å². The quantitative estimate of drug-likeness (QED) is 0.434. The molecule has 0 aromatic heterocycles. The van der Waals surface area contributed by atoms with Crippen molar-refractivity contribution in [1.82, 2.24) is 5.32 Å². The van der Waals surface area contributed by atoms with Crippen LogP contribution in [0, 0.1) is 0 Å². The van der Waals surface area contributed by atoms with Gasteiger partial charge in [0.2, 0.25) is 15.9 Å². The van der Waals surface area contributed by atoms with Crippen LogP contribution in [-0.2, 0) is 26.0 Å². The Morgan fingerprint density at radius 1 is 0.967 bits per heavy atom. The van der Waals surface area contributed by atoms with Crippen LogP contribution in [0.25, 0.3) is 0 Å². The summed E-state index contributed by atoms with van der Waals surface area (Å²) >= 11 is 0. The van der Waals surface area contributed by atoms with Gasteiger partial charge in [-0.15, -0.1) is 0 Å². The highest BCUT2D eigenvalue weighted by atomic mass is 32.2. The maximum absolute atomic E-state index is 12.2. The van der Waals surface area contributed by atoms with Gasteiger partial charge in [-0.2, -0.15) is 0 Å². The fraction of sp³-hybridized carbons (Fsp3) is 0.190. The zero-order valence-corrected chi connectivity index (χ0v) is 17.5. The number of rotatable bonds is 8. The number of anilines is 1. The molecule has 0 saturated heterocycles. The van der Waals surface area contributed by atoms with E-state index >= 15 is 0 Å². The van der Waals surface area contributed by atoms with Crippen LogP contribution in [0.5, 0.6) is 0 Å². The van der Waals surface area contributed by atoms with Crippen LogP contribution >= 0.6 is 0 Å². The Balaban J connectivity index is 1.84. The van der Waals surface area contributed by atoms with E-state index in [4.69, 9.17) is 5.14 Å². The Morgan fingerprint density at radius 2 is 1.57 bits per heavy atom. The van der Waals surface area contributed by atoms with E-state index < -0.39 is 21.8 Å². The van der Waals surface area contributed by atoms with E-state index in [1.807, 2.05) is 0 Å². The van der Waals surface area contributed by atoms with Crippen molar-refractivity contribution in [3.63, 3.8) is 0 Å². The van der Waals surface area contributed by atoms with Crippen molar-refractivity contribution >= 4 is 33.3 Å². The Bertz CT molecular complexity index is 1070. The number of nitrogens with two attached hydrogens (primary N) is 1. The highest BCUT2D eigenvalue weighted by Crippen LogP contribution is 2.11. The second kappa shape index (κ2) is 9.95. The van der Waals surface area contributed by atoms with Crippen LogP contribution in [0.4, 0.5) is 5.69 Å². The van der Waals surface area contributed by atoms with Gasteiger partial charge in [0.25, 0.3) is 5.91 Å². The first-order valence-corrected chi connectivity index (χ1v) is 10.6. The first-order valence-electron chi connectivity index (χ1n) is 9.06. The third kappa shape index (κ3) is 6.94. The zero-order chi connectivity index (χ0) is 22.3. The van der Waals surface area contributed by atoms with Gasteiger partial charge in [-0.05, 0) is 62.2 Å². The molecule has 158 valence electrons. The monoisotopic (exact) mass is 429 g/mol. The van der Waals surface area contributed by atoms with Gasteiger partial charge in [0.05, 0.1) is 4.90 Å². The molecule has 9 heteroatoms. The van der Waals surface area contributed by atoms with Gasteiger partial charge < -0.3 is 10.6 Å². The summed E-state index contributed by atoms with van der Waals surface area (Å²) < 4.78 is 22.5. The van der Waals surface area contributed by atoms with Crippen molar-refractivity contribution in [1.29, 1.82) is 0 Å². The number of sulfonamides is 1. The number of Topliss-reactive ketones (excluding diaryl/α,β-unsaturated/α-hetero) is 1. The molecule has 4 N–H and O–H groups in total. The number of ketones is 1. The highest BCUT2D eigenvalue weighted by Gasteiger charge is 2.09. The molecule has 30 heavy (non-hydrogen) atoms. The minimum absolute atomic E-state index is 0.0239. The SMILES string of the molecule is CC(=O)c1ccc(NC(=O)/C(C)=C\C(=O)NCCc2ccc(S(N)(=O)=O)cc2)cc1. The molecule has 2 aromatic carbocycles.